The molecule has 3 aromatic carbocycles. The van der Waals surface area contributed by atoms with E-state index in [4.69, 9.17) is 0 Å². The number of hydrogen-bond donors (Lipinski definition) is 2. The molecule has 0 radical (unpaired) electrons. The molecule has 2 N–H and O–H groups in total. The Labute approximate surface area is 181 Å². The number of nitrogens with one attached hydrogen (secondary N) is 2. The molecule has 0 unspecified atom stereocenters. The molecule has 2 amide bonds. The molecule has 0 aliphatic carbocycles. The van der Waals surface area contributed by atoms with Gasteiger partial charge in [0.25, 0.3) is 15.9 Å². The molecule has 0 aromatic heterocycles. The van der Waals surface area contributed by atoms with Crippen molar-refractivity contribution < 1.29 is 18.0 Å². The van der Waals surface area contributed by atoms with Gasteiger partial charge >= 0.3 is 0 Å². The molecule has 0 atom stereocenters. The molecule has 31 heavy (non-hydrogen) atoms. The van der Waals surface area contributed by atoms with Crippen molar-refractivity contribution in [2.24, 2.45) is 0 Å². The number of para-hydroxylation sites is 1. The van der Waals surface area contributed by atoms with Gasteiger partial charge in [-0.1, -0.05) is 24.3 Å². The second-order valence-corrected chi connectivity index (χ2v) is 8.97. The van der Waals surface area contributed by atoms with Crippen LogP contribution < -0.4 is 14.9 Å². The Kier molecular flexibility index (Phi) is 6.41. The molecule has 7 nitrogen and oxygen atoms in total. The minimum Gasteiger partial charge on any atom is -0.326 e. The number of nitrogens with zero attached hydrogens (tertiary/aromatic N) is 1. The van der Waals surface area contributed by atoms with Gasteiger partial charge in [-0.05, 0) is 61.0 Å². The molecule has 3 rings (SSSR count). The van der Waals surface area contributed by atoms with E-state index in [9.17, 15) is 18.0 Å². The zero-order chi connectivity index (χ0) is 22.6. The number of sulfonamides is 1. The Balaban J connectivity index is 1.81. The van der Waals surface area contributed by atoms with E-state index in [-0.39, 0.29) is 16.4 Å². The average Bonchev–Trinajstić information content (AvgIpc) is 2.74. The highest BCUT2D eigenvalue weighted by Crippen LogP contribution is 2.25. The first-order chi connectivity index (χ1) is 14.7. The van der Waals surface area contributed by atoms with Gasteiger partial charge in [0.1, 0.15) is 0 Å². The lowest BCUT2D eigenvalue weighted by atomic mass is 10.2. The third kappa shape index (κ3) is 5.10. The quantitative estimate of drug-likeness (QED) is 0.609. The van der Waals surface area contributed by atoms with Crippen LogP contribution in [0.2, 0.25) is 0 Å². The van der Waals surface area contributed by atoms with Gasteiger partial charge in [0.05, 0.1) is 10.6 Å². The lowest BCUT2D eigenvalue weighted by molar-refractivity contribution is -0.114. The van der Waals surface area contributed by atoms with E-state index in [2.05, 4.69) is 10.6 Å². The average molecular weight is 438 g/mol. The Hall–Kier alpha value is -3.65. The van der Waals surface area contributed by atoms with Crippen molar-refractivity contribution >= 4 is 38.9 Å². The van der Waals surface area contributed by atoms with Crippen LogP contribution >= 0.6 is 0 Å². The summed E-state index contributed by atoms with van der Waals surface area (Å²) in [7, 11) is -2.36. The molecule has 0 bridgehead atoms. The summed E-state index contributed by atoms with van der Waals surface area (Å²) in [5, 5.41) is 5.37. The Morgan fingerprint density at radius 1 is 0.839 bits per heavy atom. The summed E-state index contributed by atoms with van der Waals surface area (Å²) in [6.45, 7) is 3.25. The molecule has 0 saturated carbocycles. The van der Waals surface area contributed by atoms with Crippen molar-refractivity contribution in [2.45, 2.75) is 18.7 Å². The molecule has 0 fully saturated rings. The van der Waals surface area contributed by atoms with Crippen LogP contribution in [-0.2, 0) is 14.8 Å². The highest BCUT2D eigenvalue weighted by atomic mass is 32.2. The van der Waals surface area contributed by atoms with Gasteiger partial charge in [-0.25, -0.2) is 8.42 Å². The number of benzene rings is 3. The fraction of sp³-hybridized carbons (Fsp3) is 0.130. The maximum absolute atomic E-state index is 13.1. The van der Waals surface area contributed by atoms with Gasteiger partial charge < -0.3 is 10.6 Å². The van der Waals surface area contributed by atoms with E-state index in [0.717, 1.165) is 5.56 Å². The number of aryl methyl sites for hydroxylation is 1. The van der Waals surface area contributed by atoms with E-state index in [1.54, 1.807) is 42.5 Å². The molecule has 0 heterocycles. The van der Waals surface area contributed by atoms with E-state index >= 15 is 0 Å². The van der Waals surface area contributed by atoms with Crippen molar-refractivity contribution in [3.05, 3.63) is 83.9 Å². The molecular weight excluding hydrogens is 414 g/mol. The standard InChI is InChI=1S/C23H23N3O4S/c1-16-7-4-5-10-22(16)26(3)31(29,30)21-9-6-8-18(15-21)23(28)25-20-13-11-19(12-14-20)24-17(2)27/h4-15H,1-3H3,(H,24,27)(H,25,28). The summed E-state index contributed by atoms with van der Waals surface area (Å²) >= 11 is 0. The van der Waals surface area contributed by atoms with E-state index < -0.39 is 15.9 Å². The number of carbonyl (C=O) groups excluding carboxylic acids is 2. The van der Waals surface area contributed by atoms with Gasteiger partial charge in [0, 0.05) is 30.9 Å². The highest BCUT2D eigenvalue weighted by molar-refractivity contribution is 7.92. The van der Waals surface area contributed by atoms with E-state index in [0.29, 0.717) is 17.1 Å². The summed E-state index contributed by atoms with van der Waals surface area (Å²) in [6, 6.07) is 19.7. The monoisotopic (exact) mass is 437 g/mol. The number of amides is 2. The van der Waals surface area contributed by atoms with Crippen LogP contribution in [0.25, 0.3) is 0 Å². The molecule has 160 valence electrons. The third-order valence-electron chi connectivity index (χ3n) is 4.67. The van der Waals surface area contributed by atoms with Gasteiger partial charge in [0.2, 0.25) is 5.91 Å². The van der Waals surface area contributed by atoms with Crippen molar-refractivity contribution in [3.63, 3.8) is 0 Å². The molecule has 0 spiro atoms. The smallest absolute Gasteiger partial charge is 0.264 e. The Morgan fingerprint density at radius 3 is 2.06 bits per heavy atom. The summed E-state index contributed by atoms with van der Waals surface area (Å²) in [5.41, 5.74) is 2.73. The predicted molar refractivity (Wildman–Crippen MR) is 122 cm³/mol. The first-order valence-electron chi connectivity index (χ1n) is 9.52. The van der Waals surface area contributed by atoms with Crippen LogP contribution in [0.3, 0.4) is 0 Å². The molecular formula is C23H23N3O4S. The lowest BCUT2D eigenvalue weighted by Gasteiger charge is -2.21. The lowest BCUT2D eigenvalue weighted by Crippen LogP contribution is -2.27. The van der Waals surface area contributed by atoms with Crippen LogP contribution in [0.15, 0.2) is 77.7 Å². The fourth-order valence-corrected chi connectivity index (χ4v) is 4.35. The largest absolute Gasteiger partial charge is 0.326 e. The van der Waals surface area contributed by atoms with Gasteiger partial charge in [0.15, 0.2) is 0 Å². The summed E-state index contributed by atoms with van der Waals surface area (Å²) in [6.07, 6.45) is 0. The normalized spacial score (nSPS) is 10.9. The van der Waals surface area contributed by atoms with Crippen molar-refractivity contribution in [3.8, 4) is 0 Å². The maximum Gasteiger partial charge on any atom is 0.264 e. The predicted octanol–water partition coefficient (Wildman–Crippen LogP) is 4.03. The minimum atomic E-state index is -3.85. The first kappa shape index (κ1) is 22.0. The third-order valence-corrected chi connectivity index (χ3v) is 6.44. The van der Waals surface area contributed by atoms with Gasteiger partial charge in [-0.3, -0.25) is 13.9 Å². The zero-order valence-electron chi connectivity index (χ0n) is 17.4. The SMILES string of the molecule is CC(=O)Nc1ccc(NC(=O)c2cccc(S(=O)(=O)N(C)c3ccccc3C)c2)cc1. The molecule has 8 heteroatoms. The maximum atomic E-state index is 13.1. The molecule has 3 aromatic rings. The van der Waals surface area contributed by atoms with Gasteiger partial charge in [-0.2, -0.15) is 0 Å². The van der Waals surface area contributed by atoms with Crippen molar-refractivity contribution in [2.75, 3.05) is 22.0 Å². The number of anilines is 3. The summed E-state index contributed by atoms with van der Waals surface area (Å²) < 4.78 is 27.4. The molecule has 0 saturated heterocycles. The van der Waals surface area contributed by atoms with Gasteiger partial charge in [-0.15, -0.1) is 0 Å². The van der Waals surface area contributed by atoms with E-state index in [1.165, 1.54) is 36.5 Å². The van der Waals surface area contributed by atoms with Crippen LogP contribution in [0.5, 0.6) is 0 Å². The summed E-state index contributed by atoms with van der Waals surface area (Å²) in [4.78, 5) is 23.8. The van der Waals surface area contributed by atoms with Crippen LogP contribution in [0.4, 0.5) is 17.1 Å². The van der Waals surface area contributed by atoms with Crippen molar-refractivity contribution in [1.82, 2.24) is 0 Å². The van der Waals surface area contributed by atoms with Crippen molar-refractivity contribution in [1.29, 1.82) is 0 Å². The summed E-state index contributed by atoms with van der Waals surface area (Å²) in [5.74, 6) is -0.631. The van der Waals surface area contributed by atoms with Crippen LogP contribution in [-0.4, -0.2) is 27.3 Å². The fourth-order valence-electron chi connectivity index (χ4n) is 3.05. The minimum absolute atomic E-state index is 0.0203. The number of rotatable bonds is 6. The Morgan fingerprint density at radius 2 is 1.45 bits per heavy atom. The number of carbonyl (C=O) groups is 2. The molecule has 0 aliphatic heterocycles. The highest BCUT2D eigenvalue weighted by Gasteiger charge is 2.23. The second kappa shape index (κ2) is 9.01. The van der Waals surface area contributed by atoms with E-state index in [1.807, 2.05) is 19.1 Å². The van der Waals surface area contributed by atoms with Crippen LogP contribution in [0.1, 0.15) is 22.8 Å². The first-order valence-corrected chi connectivity index (χ1v) is 11.0. The van der Waals surface area contributed by atoms with Crippen LogP contribution in [0, 0.1) is 6.92 Å². The topological polar surface area (TPSA) is 95.6 Å². The zero-order valence-corrected chi connectivity index (χ0v) is 18.2. The molecule has 0 aliphatic rings. The second-order valence-electron chi connectivity index (χ2n) is 7.00. The Bertz CT molecular complexity index is 1220. The number of hydrogen-bond acceptors (Lipinski definition) is 4.